The molecule has 0 aliphatic carbocycles. The molecule has 5 aromatic rings. The second-order valence-corrected chi connectivity index (χ2v) is 8.33. The standard InChI is InChI=1S/C27H16F4N2O5/c1-32-24(34)20-19-12-18(14-3-2-4-15(11-14)25(35)36)21-17(9-10-33(21)26(37)27(29,30)31)23(19)38-22(20)13-5-7-16(28)8-6-13/h2-12H,1H3,(H,32,34)(H,35,36). The van der Waals surface area contributed by atoms with E-state index in [0.29, 0.717) is 10.1 Å². The number of alkyl halides is 3. The van der Waals surface area contributed by atoms with Gasteiger partial charge in [-0.15, -0.1) is 0 Å². The monoisotopic (exact) mass is 524 g/mol. The highest BCUT2D eigenvalue weighted by molar-refractivity contribution is 6.20. The van der Waals surface area contributed by atoms with Crippen LogP contribution in [0.15, 0.2) is 71.3 Å². The van der Waals surface area contributed by atoms with Gasteiger partial charge >= 0.3 is 18.1 Å². The van der Waals surface area contributed by atoms with Crippen molar-refractivity contribution >= 4 is 39.7 Å². The van der Waals surface area contributed by atoms with E-state index in [9.17, 15) is 37.1 Å². The number of carboxylic acid groups (broad SMARTS) is 1. The molecule has 0 bridgehead atoms. The highest BCUT2D eigenvalue weighted by Crippen LogP contribution is 2.42. The van der Waals surface area contributed by atoms with E-state index in [1.165, 1.54) is 55.6 Å². The fourth-order valence-electron chi connectivity index (χ4n) is 4.39. The Morgan fingerprint density at radius 2 is 1.66 bits per heavy atom. The molecule has 7 nitrogen and oxygen atoms in total. The number of nitrogens with zero attached hydrogens (tertiary/aromatic N) is 1. The number of hydrogen-bond donors (Lipinski definition) is 2. The molecule has 0 radical (unpaired) electrons. The van der Waals surface area contributed by atoms with Gasteiger partial charge in [0.15, 0.2) is 0 Å². The maximum atomic E-state index is 13.6. The normalized spacial score (nSPS) is 11.7. The number of aromatic carboxylic acids is 1. The molecule has 1 amide bonds. The van der Waals surface area contributed by atoms with Crippen LogP contribution in [0.4, 0.5) is 17.6 Å². The van der Waals surface area contributed by atoms with Gasteiger partial charge in [0.2, 0.25) is 0 Å². The molecule has 3 aromatic carbocycles. The predicted molar refractivity (Wildman–Crippen MR) is 130 cm³/mol. The number of carbonyl (C=O) groups is 3. The summed E-state index contributed by atoms with van der Waals surface area (Å²) < 4.78 is 60.4. The van der Waals surface area contributed by atoms with Crippen molar-refractivity contribution in [3.63, 3.8) is 0 Å². The summed E-state index contributed by atoms with van der Waals surface area (Å²) in [5.41, 5.74) is 0.307. The van der Waals surface area contributed by atoms with Gasteiger partial charge in [-0.1, -0.05) is 12.1 Å². The average Bonchev–Trinajstić information content (AvgIpc) is 3.49. The zero-order chi connectivity index (χ0) is 27.4. The molecule has 0 fully saturated rings. The first-order valence-electron chi connectivity index (χ1n) is 11.0. The van der Waals surface area contributed by atoms with Crippen LogP contribution in [-0.2, 0) is 0 Å². The van der Waals surface area contributed by atoms with Crippen LogP contribution in [0.25, 0.3) is 44.3 Å². The zero-order valence-electron chi connectivity index (χ0n) is 19.4. The highest BCUT2D eigenvalue weighted by Gasteiger charge is 2.41. The molecule has 192 valence electrons. The van der Waals surface area contributed by atoms with E-state index >= 15 is 0 Å². The first-order chi connectivity index (χ1) is 18.0. The van der Waals surface area contributed by atoms with E-state index in [1.54, 1.807) is 0 Å². The predicted octanol–water partition coefficient (Wildman–Crippen LogP) is 6.12. The number of carbonyl (C=O) groups excluding carboxylic acids is 2. The number of amides is 1. The summed E-state index contributed by atoms with van der Waals surface area (Å²) in [5.74, 6) is -4.51. The number of fused-ring (bicyclic) bond motifs is 3. The maximum Gasteiger partial charge on any atom is 0.472 e. The molecule has 11 heteroatoms. The third-order valence-corrected chi connectivity index (χ3v) is 6.06. The summed E-state index contributed by atoms with van der Waals surface area (Å²) in [6.07, 6.45) is -4.28. The minimum atomic E-state index is -5.21. The number of nitrogens with one attached hydrogen (secondary N) is 1. The molecular formula is C27H16F4N2O5. The molecule has 0 saturated heterocycles. The van der Waals surface area contributed by atoms with Gasteiger partial charge in [0, 0.05) is 35.1 Å². The molecule has 2 aromatic heterocycles. The number of hydrogen-bond acceptors (Lipinski definition) is 4. The fourth-order valence-corrected chi connectivity index (χ4v) is 4.39. The number of furan rings is 1. The van der Waals surface area contributed by atoms with Crippen LogP contribution >= 0.6 is 0 Å². The van der Waals surface area contributed by atoms with Gasteiger partial charge in [-0.2, -0.15) is 13.2 Å². The lowest BCUT2D eigenvalue weighted by Gasteiger charge is -2.12. The Kier molecular flexibility index (Phi) is 5.78. The van der Waals surface area contributed by atoms with Crippen LogP contribution in [0.1, 0.15) is 25.5 Å². The second kappa shape index (κ2) is 8.87. The molecule has 5 rings (SSSR count). The summed E-state index contributed by atoms with van der Waals surface area (Å²) in [5, 5.41) is 12.2. The van der Waals surface area contributed by atoms with E-state index in [0.717, 1.165) is 18.3 Å². The maximum absolute atomic E-state index is 13.6. The molecule has 0 saturated carbocycles. The highest BCUT2D eigenvalue weighted by atomic mass is 19.4. The first kappa shape index (κ1) is 24.8. The van der Waals surface area contributed by atoms with Gasteiger partial charge in [0.25, 0.3) is 5.91 Å². The van der Waals surface area contributed by atoms with Crippen LogP contribution < -0.4 is 5.32 Å². The smallest absolute Gasteiger partial charge is 0.472 e. The van der Waals surface area contributed by atoms with Gasteiger partial charge in [0.1, 0.15) is 17.2 Å². The minimum absolute atomic E-state index is 0.0183. The third kappa shape index (κ3) is 3.97. The molecule has 0 aliphatic heterocycles. The summed E-state index contributed by atoms with van der Waals surface area (Å²) in [6.45, 7) is 0. The molecule has 0 unspecified atom stereocenters. The minimum Gasteiger partial charge on any atom is -0.478 e. The van der Waals surface area contributed by atoms with Crippen LogP contribution in [-0.4, -0.2) is 40.7 Å². The van der Waals surface area contributed by atoms with Crippen molar-refractivity contribution in [2.75, 3.05) is 7.05 Å². The molecule has 38 heavy (non-hydrogen) atoms. The number of benzene rings is 3. The van der Waals surface area contributed by atoms with E-state index in [2.05, 4.69) is 5.32 Å². The average molecular weight is 524 g/mol. The summed E-state index contributed by atoms with van der Waals surface area (Å²) >= 11 is 0. The van der Waals surface area contributed by atoms with Crippen molar-refractivity contribution in [2.45, 2.75) is 6.18 Å². The Morgan fingerprint density at radius 1 is 0.947 bits per heavy atom. The fraction of sp³-hybridized carbons (Fsp3) is 0.0741. The molecule has 2 heterocycles. The Labute approximate surface area is 210 Å². The Bertz CT molecular complexity index is 1760. The number of aromatic nitrogens is 1. The summed E-state index contributed by atoms with van der Waals surface area (Å²) in [4.78, 5) is 36.9. The molecular weight excluding hydrogens is 508 g/mol. The van der Waals surface area contributed by atoms with Crippen molar-refractivity contribution in [1.82, 2.24) is 9.88 Å². The van der Waals surface area contributed by atoms with Crippen molar-refractivity contribution < 1.29 is 41.5 Å². The van der Waals surface area contributed by atoms with E-state index in [-0.39, 0.29) is 49.9 Å². The molecule has 0 aliphatic rings. The van der Waals surface area contributed by atoms with Gasteiger partial charge < -0.3 is 14.8 Å². The van der Waals surface area contributed by atoms with Crippen molar-refractivity contribution in [3.8, 4) is 22.5 Å². The van der Waals surface area contributed by atoms with Gasteiger partial charge in [-0.25, -0.2) is 9.18 Å². The number of rotatable bonds is 4. The van der Waals surface area contributed by atoms with Gasteiger partial charge in [-0.3, -0.25) is 14.2 Å². The lowest BCUT2D eigenvalue weighted by molar-refractivity contribution is -0.0942. The number of carboxylic acids is 1. The van der Waals surface area contributed by atoms with Crippen LogP contribution in [0.3, 0.4) is 0 Å². The lowest BCUT2D eigenvalue weighted by atomic mass is 9.96. The summed E-state index contributed by atoms with van der Waals surface area (Å²) in [6, 6.07) is 13.1. The zero-order valence-corrected chi connectivity index (χ0v) is 19.4. The number of halogens is 4. The summed E-state index contributed by atoms with van der Waals surface area (Å²) in [7, 11) is 1.38. The van der Waals surface area contributed by atoms with Crippen molar-refractivity contribution in [3.05, 3.63) is 83.8 Å². The van der Waals surface area contributed by atoms with Crippen molar-refractivity contribution in [2.24, 2.45) is 0 Å². The lowest BCUT2D eigenvalue weighted by Crippen LogP contribution is -2.28. The second-order valence-electron chi connectivity index (χ2n) is 8.33. The van der Waals surface area contributed by atoms with Gasteiger partial charge in [-0.05, 0) is 54.1 Å². The topological polar surface area (TPSA) is 102 Å². The molecule has 0 spiro atoms. The van der Waals surface area contributed by atoms with Crippen LogP contribution in [0, 0.1) is 5.82 Å². The van der Waals surface area contributed by atoms with Crippen LogP contribution in [0.5, 0.6) is 0 Å². The Morgan fingerprint density at radius 3 is 2.29 bits per heavy atom. The third-order valence-electron chi connectivity index (χ3n) is 6.06. The molecule has 0 atom stereocenters. The van der Waals surface area contributed by atoms with Gasteiger partial charge in [0.05, 0.1) is 16.6 Å². The van der Waals surface area contributed by atoms with E-state index < -0.39 is 29.8 Å². The Hall–Kier alpha value is -4.93. The largest absolute Gasteiger partial charge is 0.478 e. The van der Waals surface area contributed by atoms with E-state index in [1.807, 2.05) is 0 Å². The SMILES string of the molecule is CNC(=O)c1c(-c2ccc(F)cc2)oc2c1cc(-c1cccc(C(=O)O)c1)c1c2ccn1C(=O)C(F)(F)F. The van der Waals surface area contributed by atoms with E-state index in [4.69, 9.17) is 4.42 Å². The Balaban J connectivity index is 1.93. The first-order valence-corrected chi connectivity index (χ1v) is 11.0. The van der Waals surface area contributed by atoms with Crippen LogP contribution in [0.2, 0.25) is 0 Å². The molecule has 2 N–H and O–H groups in total. The van der Waals surface area contributed by atoms with Crippen molar-refractivity contribution in [1.29, 1.82) is 0 Å². The quantitative estimate of drug-likeness (QED) is 0.276.